The highest BCUT2D eigenvalue weighted by molar-refractivity contribution is 5.14. The molecule has 7 heteroatoms. The minimum atomic E-state index is -1.20. The van der Waals surface area contributed by atoms with E-state index in [0.717, 1.165) is 0 Å². The third-order valence-electron chi connectivity index (χ3n) is 5.58. The zero-order chi connectivity index (χ0) is 19.0. The van der Waals surface area contributed by atoms with Gasteiger partial charge in [-0.05, 0) is 23.7 Å². The number of hydrogen-bond donors (Lipinski definition) is 7. The van der Waals surface area contributed by atoms with Crippen molar-refractivity contribution in [2.45, 2.75) is 78.0 Å². The molecular weight excluding hydrogens is 290 g/mol. The van der Waals surface area contributed by atoms with E-state index < -0.39 is 22.7 Å². The maximum atomic E-state index is 6.69. The molecule has 13 N–H and O–H groups in total. The van der Waals surface area contributed by atoms with E-state index >= 15 is 0 Å². The van der Waals surface area contributed by atoms with E-state index in [2.05, 4.69) is 5.32 Å². The lowest BCUT2D eigenvalue weighted by molar-refractivity contribution is -0.0146. The molecule has 2 unspecified atom stereocenters. The summed E-state index contributed by atoms with van der Waals surface area (Å²) in [5.74, 6) is -0.348. The van der Waals surface area contributed by atoms with Crippen LogP contribution in [0.1, 0.15) is 55.4 Å². The Morgan fingerprint density at radius 3 is 0.826 bits per heavy atom. The molecule has 0 aromatic rings. The van der Waals surface area contributed by atoms with E-state index in [1.165, 1.54) is 0 Å². The van der Waals surface area contributed by atoms with Crippen molar-refractivity contribution in [2.24, 2.45) is 58.1 Å². The highest BCUT2D eigenvalue weighted by atomic mass is 15.3. The Morgan fingerprint density at radius 1 is 0.478 bits per heavy atom. The molecule has 0 aliphatic rings. The van der Waals surface area contributed by atoms with Crippen LogP contribution in [0, 0.1) is 23.7 Å². The molecule has 0 saturated carbocycles. The summed E-state index contributed by atoms with van der Waals surface area (Å²) >= 11 is 0. The van der Waals surface area contributed by atoms with E-state index in [9.17, 15) is 0 Å². The number of hydrogen-bond acceptors (Lipinski definition) is 7. The highest BCUT2D eigenvalue weighted by Crippen LogP contribution is 2.33. The monoisotopic (exact) mass is 331 g/mol. The largest absolute Gasteiger partial charge is 0.311 e. The van der Waals surface area contributed by atoms with Gasteiger partial charge in [0.1, 0.15) is 11.3 Å². The van der Waals surface area contributed by atoms with Gasteiger partial charge >= 0.3 is 0 Å². The predicted molar refractivity (Wildman–Crippen MR) is 98.5 cm³/mol. The molecular formula is C16H41N7. The molecule has 0 aromatic heterocycles. The zero-order valence-corrected chi connectivity index (χ0v) is 16.3. The fourth-order valence-corrected chi connectivity index (χ4v) is 2.80. The first-order valence-electron chi connectivity index (χ1n) is 8.51. The van der Waals surface area contributed by atoms with Crippen molar-refractivity contribution in [3.8, 4) is 0 Å². The first-order valence-corrected chi connectivity index (χ1v) is 8.51. The van der Waals surface area contributed by atoms with Crippen molar-refractivity contribution >= 4 is 0 Å². The number of nitrogens with two attached hydrogens (primary N) is 6. The van der Waals surface area contributed by atoms with E-state index in [-0.39, 0.29) is 23.7 Å². The molecule has 0 radical (unpaired) electrons. The smallest absolute Gasteiger partial charge is 0.102 e. The van der Waals surface area contributed by atoms with Gasteiger partial charge in [-0.15, -0.1) is 0 Å². The van der Waals surface area contributed by atoms with Gasteiger partial charge in [0.25, 0.3) is 0 Å². The second-order valence-electron chi connectivity index (χ2n) is 8.35. The Hall–Kier alpha value is -0.280. The van der Waals surface area contributed by atoms with E-state index in [4.69, 9.17) is 34.4 Å². The third kappa shape index (κ3) is 3.71. The fraction of sp³-hybridized carbons (Fsp3) is 1.00. The molecule has 7 nitrogen and oxygen atoms in total. The topological polar surface area (TPSA) is 168 Å². The minimum absolute atomic E-state index is 0.0807. The van der Waals surface area contributed by atoms with E-state index in [1.807, 2.05) is 55.4 Å². The molecule has 0 heterocycles. The van der Waals surface area contributed by atoms with Crippen LogP contribution < -0.4 is 39.7 Å². The van der Waals surface area contributed by atoms with Gasteiger partial charge < -0.3 is 34.4 Å². The molecule has 0 aliphatic heterocycles. The molecule has 0 bridgehead atoms. The van der Waals surface area contributed by atoms with Crippen LogP contribution in [0.5, 0.6) is 0 Å². The average Bonchev–Trinajstić information content (AvgIpc) is 2.36. The van der Waals surface area contributed by atoms with Crippen LogP contribution in [0.2, 0.25) is 0 Å². The van der Waals surface area contributed by atoms with Gasteiger partial charge in [0.15, 0.2) is 0 Å². The van der Waals surface area contributed by atoms with Gasteiger partial charge in [0, 0.05) is 0 Å². The van der Waals surface area contributed by atoms with Crippen molar-refractivity contribution in [3.63, 3.8) is 0 Å². The summed E-state index contributed by atoms with van der Waals surface area (Å²) in [6.07, 6.45) is 0. The molecule has 2 atom stereocenters. The van der Waals surface area contributed by atoms with Crippen LogP contribution in [0.15, 0.2) is 0 Å². The van der Waals surface area contributed by atoms with Gasteiger partial charge in [-0.1, -0.05) is 55.4 Å². The minimum Gasteiger partial charge on any atom is -0.311 e. The normalized spacial score (nSPS) is 19.6. The quantitative estimate of drug-likeness (QED) is 0.300. The van der Waals surface area contributed by atoms with E-state index in [1.54, 1.807) is 0 Å². The summed E-state index contributed by atoms with van der Waals surface area (Å²) in [7, 11) is 0. The van der Waals surface area contributed by atoms with Gasteiger partial charge in [-0.2, -0.15) is 0 Å². The lowest BCUT2D eigenvalue weighted by Crippen LogP contribution is -2.91. The Kier molecular flexibility index (Phi) is 6.83. The van der Waals surface area contributed by atoms with Gasteiger partial charge in [-0.25, -0.2) is 0 Å². The number of rotatable bonds is 8. The lowest BCUT2D eigenvalue weighted by Gasteiger charge is -2.58. The second-order valence-corrected chi connectivity index (χ2v) is 8.35. The number of nitrogens with one attached hydrogen (secondary N) is 1. The average molecular weight is 332 g/mol. The first-order chi connectivity index (χ1) is 9.98. The summed E-state index contributed by atoms with van der Waals surface area (Å²) in [6, 6.07) is 0. The summed E-state index contributed by atoms with van der Waals surface area (Å²) in [6.45, 7) is 15.5. The van der Waals surface area contributed by atoms with Crippen LogP contribution in [0.4, 0.5) is 0 Å². The Morgan fingerprint density at radius 2 is 0.696 bits per heavy atom. The second kappa shape index (κ2) is 6.92. The molecule has 0 fully saturated rings. The van der Waals surface area contributed by atoms with Crippen molar-refractivity contribution in [1.29, 1.82) is 0 Å². The highest BCUT2D eigenvalue weighted by Gasteiger charge is 2.56. The summed E-state index contributed by atoms with van der Waals surface area (Å²) < 4.78 is 0. The van der Waals surface area contributed by atoms with Crippen molar-refractivity contribution in [2.75, 3.05) is 0 Å². The molecule has 0 aliphatic carbocycles. The Balaban J connectivity index is 6.17. The fourth-order valence-electron chi connectivity index (χ4n) is 2.80. The van der Waals surface area contributed by atoms with Crippen LogP contribution in [0.25, 0.3) is 0 Å². The predicted octanol–water partition coefficient (Wildman–Crippen LogP) is -0.263. The molecule has 23 heavy (non-hydrogen) atoms. The standard InChI is InChI=1S/C16H41N7/c1-9(2)13(17,18)15(21,11(5)6)23-16(22,12(7)8)14(19,20)10(3)4/h9-12,23H,17-22H2,1-8H3. The van der Waals surface area contributed by atoms with Crippen LogP contribution in [-0.2, 0) is 0 Å². The zero-order valence-electron chi connectivity index (χ0n) is 16.3. The third-order valence-corrected chi connectivity index (χ3v) is 5.58. The van der Waals surface area contributed by atoms with Gasteiger partial charge in [0.05, 0.1) is 11.3 Å². The van der Waals surface area contributed by atoms with Crippen LogP contribution >= 0.6 is 0 Å². The lowest BCUT2D eigenvalue weighted by atomic mass is 9.72. The first kappa shape index (κ1) is 22.7. The summed E-state index contributed by atoms with van der Waals surface area (Å²) in [5, 5.41) is 3.30. The van der Waals surface area contributed by atoms with Crippen LogP contribution in [-0.4, -0.2) is 22.7 Å². The van der Waals surface area contributed by atoms with Crippen molar-refractivity contribution in [1.82, 2.24) is 5.32 Å². The summed E-state index contributed by atoms with van der Waals surface area (Å²) in [4.78, 5) is 0. The summed E-state index contributed by atoms with van der Waals surface area (Å²) in [5.41, 5.74) is 34.3. The van der Waals surface area contributed by atoms with Crippen molar-refractivity contribution in [3.05, 3.63) is 0 Å². The van der Waals surface area contributed by atoms with Gasteiger partial charge in [0.2, 0.25) is 0 Å². The Bertz CT molecular complexity index is 354. The molecule has 0 spiro atoms. The van der Waals surface area contributed by atoms with Crippen molar-refractivity contribution < 1.29 is 0 Å². The molecule has 140 valence electrons. The van der Waals surface area contributed by atoms with Crippen LogP contribution in [0.3, 0.4) is 0 Å². The van der Waals surface area contributed by atoms with E-state index in [0.29, 0.717) is 0 Å². The van der Waals surface area contributed by atoms with Gasteiger partial charge in [-0.3, -0.25) is 5.32 Å². The Labute approximate surface area is 142 Å². The molecule has 0 aromatic carbocycles. The maximum absolute atomic E-state index is 6.69. The molecule has 0 amide bonds. The SMILES string of the molecule is CC(C)C(N)(N)C(N)(NC(N)(C(C)C)C(N)(N)C(C)C)C(C)C. The molecule has 0 rings (SSSR count). The molecule has 0 saturated heterocycles. The maximum Gasteiger partial charge on any atom is 0.102 e.